The first-order valence-corrected chi connectivity index (χ1v) is 48.4. The van der Waals surface area contributed by atoms with Gasteiger partial charge in [-0.3, -0.25) is 67.2 Å². The van der Waals surface area contributed by atoms with E-state index in [2.05, 4.69) is 155 Å². The van der Waals surface area contributed by atoms with E-state index >= 15 is 0 Å². The number of nitrogens with zero attached hydrogens (tertiary/aromatic N) is 22. The van der Waals surface area contributed by atoms with E-state index in [1.807, 2.05) is 53.2 Å². The SMILES string of the molecule is CN(CCc1ccccc1)c1nccc(/C=C2\NC(=O)CC2=O)n1.O=C1CC(=O)/C(=C/c2ccnc(N3CCC(N4CCCC4)CC3)n2)N1.O=C1CC(=O)/C(=C/c2ccnc(N3CCCC3)n2)N1.O=C1CC(=O)/C(=C/c2ccnc(N3CCCCC3)n2)N1.O=C1CC(=O)/C(=C/c2ccnc(N3CCN(CC(=O)N4CCOCC4)CC3)n2)N1.O=C1CC(=O)/C(=C/c2ccnc(N3CCN(c4ccccc4)CC3)n2)N1. The summed E-state index contributed by atoms with van der Waals surface area (Å²) in [6.07, 6.45) is 30.8. The number of hydrogen-bond acceptors (Lipinski definition) is 35. The van der Waals surface area contributed by atoms with E-state index in [0.717, 1.165) is 130 Å². The summed E-state index contributed by atoms with van der Waals surface area (Å²) in [5, 5.41) is 15.3. The molecule has 13 saturated heterocycles. The molecule has 0 bridgehead atoms. The van der Waals surface area contributed by atoms with Gasteiger partial charge in [-0.1, -0.05) is 48.5 Å². The van der Waals surface area contributed by atoms with E-state index < -0.39 is 0 Å². The van der Waals surface area contributed by atoms with Crippen LogP contribution in [-0.4, -0.2) is 308 Å². The topological polar surface area (TPSA) is 490 Å². The van der Waals surface area contributed by atoms with Crippen LogP contribution in [0.25, 0.3) is 36.5 Å². The molecule has 143 heavy (non-hydrogen) atoms. The largest absolute Gasteiger partial charge is 0.378 e. The minimum Gasteiger partial charge on any atom is -0.378 e. The van der Waals surface area contributed by atoms with Crippen LogP contribution in [0.5, 0.6) is 0 Å². The lowest BCUT2D eigenvalue weighted by atomic mass is 10.0. The Balaban J connectivity index is 0.000000124. The van der Waals surface area contributed by atoms with Crippen molar-refractivity contribution >= 4 is 154 Å². The number of carbonyl (C=O) groups is 13. The van der Waals surface area contributed by atoms with Gasteiger partial charge in [0.05, 0.1) is 127 Å². The molecular weight excluding hydrogens is 1830 g/mol. The van der Waals surface area contributed by atoms with Gasteiger partial charge in [0.15, 0.2) is 34.7 Å². The molecule has 8 aromatic rings. The third-order valence-corrected chi connectivity index (χ3v) is 25.5. The molecule has 13 fully saturated rings. The predicted molar refractivity (Wildman–Crippen MR) is 531 cm³/mol. The maximum Gasteiger partial charge on any atom is 0.236 e. The van der Waals surface area contributed by atoms with Gasteiger partial charge in [0.2, 0.25) is 77.0 Å². The van der Waals surface area contributed by atoms with Gasteiger partial charge in [0.1, 0.15) is 0 Å². The molecule has 6 aromatic heterocycles. The molecule has 0 aliphatic carbocycles. The van der Waals surface area contributed by atoms with Gasteiger partial charge in [-0.25, -0.2) is 59.8 Å². The Morgan fingerprint density at radius 1 is 0.336 bits per heavy atom. The summed E-state index contributed by atoms with van der Waals surface area (Å²) < 4.78 is 5.29. The number of likely N-dealkylation sites (N-methyl/N-ethyl adjacent to an activating group) is 1. The molecule has 13 aliphatic rings. The van der Waals surface area contributed by atoms with E-state index in [4.69, 9.17) is 4.74 Å². The molecule has 0 atom stereocenters. The molecule has 0 spiro atoms. The Bertz CT molecular complexity index is 6230. The number of rotatable bonds is 19. The lowest BCUT2D eigenvalue weighted by Crippen LogP contribution is -2.51. The van der Waals surface area contributed by atoms with Crippen molar-refractivity contribution in [1.82, 2.24) is 106 Å². The van der Waals surface area contributed by atoms with Crippen LogP contribution in [0.4, 0.5) is 41.4 Å². The average Bonchev–Trinajstić information content (AvgIpc) is 1.62. The van der Waals surface area contributed by atoms with E-state index in [0.29, 0.717) is 145 Å². The van der Waals surface area contributed by atoms with Gasteiger partial charge in [0.25, 0.3) is 0 Å². The molecule has 21 rings (SSSR count). The smallest absolute Gasteiger partial charge is 0.236 e. The highest BCUT2D eigenvalue weighted by atomic mass is 16.5. The molecule has 42 heteroatoms. The number of carbonyl (C=O) groups excluding carboxylic acids is 13. The number of morpholine rings is 1. The maximum atomic E-state index is 12.4. The highest BCUT2D eigenvalue weighted by Gasteiger charge is 2.34. The number of allylic oxidation sites excluding steroid dienone is 6. The Labute approximate surface area is 825 Å². The number of piperazine rings is 2. The fourth-order valence-electron chi connectivity index (χ4n) is 17.8. The fourth-order valence-corrected chi connectivity index (χ4v) is 17.8. The first-order valence-electron chi connectivity index (χ1n) is 48.4. The number of nitrogens with one attached hydrogen (secondary N) is 6. The van der Waals surface area contributed by atoms with Crippen LogP contribution in [0, 0.1) is 0 Å². The number of benzene rings is 2. The Hall–Kier alpha value is -15.9. The predicted octanol–water partition coefficient (Wildman–Crippen LogP) is 4.08. The molecule has 0 unspecified atom stereocenters. The van der Waals surface area contributed by atoms with Crippen LogP contribution < -0.4 is 66.2 Å². The number of anilines is 7. The van der Waals surface area contributed by atoms with E-state index in [-0.39, 0.29) is 126 Å². The molecule has 19 heterocycles. The highest BCUT2D eigenvalue weighted by Crippen LogP contribution is 2.28. The zero-order chi connectivity index (χ0) is 99.5. The zero-order valence-corrected chi connectivity index (χ0v) is 79.7. The first-order chi connectivity index (χ1) is 69.5. The number of hydrogen-bond donors (Lipinski definition) is 6. The summed E-state index contributed by atoms with van der Waals surface area (Å²) >= 11 is 0. The molecule has 0 radical (unpaired) electrons. The molecule has 13 aliphatic heterocycles. The van der Waals surface area contributed by atoms with Crippen LogP contribution in [0.1, 0.15) is 136 Å². The number of ether oxygens (including phenoxy) is 1. The van der Waals surface area contributed by atoms with Crippen LogP contribution >= 0.6 is 0 Å². The molecule has 0 saturated carbocycles. The van der Waals surface area contributed by atoms with Crippen molar-refractivity contribution in [3.8, 4) is 0 Å². The molecule has 742 valence electrons. The third-order valence-electron chi connectivity index (χ3n) is 25.5. The molecule has 7 amide bonds. The van der Waals surface area contributed by atoms with Crippen LogP contribution in [0.2, 0.25) is 0 Å². The summed E-state index contributed by atoms with van der Waals surface area (Å²) in [5.41, 5.74) is 8.01. The van der Waals surface area contributed by atoms with E-state index in [1.165, 1.54) is 43.6 Å². The quantitative estimate of drug-likeness (QED) is 0.0490. The van der Waals surface area contributed by atoms with Gasteiger partial charge in [-0.15, -0.1) is 0 Å². The number of aromatic nitrogens is 12. The van der Waals surface area contributed by atoms with Crippen LogP contribution in [-0.2, 0) is 73.5 Å². The second kappa shape index (κ2) is 48.8. The number of para-hydroxylation sites is 1. The van der Waals surface area contributed by atoms with Gasteiger partial charge in [-0.2, -0.15) is 0 Å². The van der Waals surface area contributed by atoms with Crippen molar-refractivity contribution in [3.05, 3.63) is 208 Å². The van der Waals surface area contributed by atoms with Gasteiger partial charge >= 0.3 is 0 Å². The molecular formula is C101H114N28O14. The average molecular weight is 1940 g/mol. The fraction of sp³-hybridized carbons (Fsp3) is 0.396. The number of piperidine rings is 2. The minimum atomic E-state index is -0.293. The van der Waals surface area contributed by atoms with Crippen molar-refractivity contribution in [1.29, 1.82) is 0 Å². The van der Waals surface area contributed by atoms with Crippen molar-refractivity contribution in [3.63, 3.8) is 0 Å². The lowest BCUT2D eigenvalue weighted by Gasteiger charge is -2.36. The number of likely N-dealkylation sites (tertiary alicyclic amines) is 1. The summed E-state index contributed by atoms with van der Waals surface area (Å²) in [7, 11) is 1.93. The van der Waals surface area contributed by atoms with Crippen molar-refractivity contribution < 1.29 is 67.1 Å². The zero-order valence-electron chi connectivity index (χ0n) is 79.7. The Morgan fingerprint density at radius 3 is 0.986 bits per heavy atom. The third kappa shape index (κ3) is 28.5. The molecule has 6 N–H and O–H groups in total. The van der Waals surface area contributed by atoms with Crippen LogP contribution in [0.3, 0.4) is 0 Å². The maximum absolute atomic E-state index is 12.4. The first kappa shape index (κ1) is 100. The standard InChI is InChI=1S/C19H24N6O4.C19H19N5O2.C18H23N5O2.C18H18N4O2.C14H16N4O2.C13H14N4O2/c26-16-12-17(27)22-15(16)11-14-1-2-20-19(21-14)25-5-3-23(4-6-25)13-18(28)24-7-9-29-10-8-24;25-17-13-18(26)22-16(17)12-14-6-7-20-19(21-14)24-10-8-23(9-11-24)15-4-2-1-3-5-15;24-16-12-17(25)21-15(16)11-13-3-6-19-18(20-13)23-9-4-14(5-10-23)22-7-1-2-8-22;1-22(10-8-13-5-3-2-4-6-13)18-19-9-7-14(20-18)11-15-16(23)12-17(24)21-15;19-12-9-13(20)17-11(12)8-10-4-5-15-14(16-10)18-6-2-1-3-7-18;18-11-8-12(19)16-10(11)7-9-3-4-14-13(15-9)17-5-1-2-6-17/h1-2,11H,3-10,12-13H2,(H,22,27);1-7,12H,8-11,13H2,(H,22,26);3,6,11,14H,1-2,4-5,7-10,12H2,(H,21,25);2-7,9,11H,8,10,12H2,1H3,(H,21,24);4-5,8H,1-3,6-7,9H2,(H,17,20);3-4,7H,1-2,5-6,8H2,(H,16,19)/b15-11-;16-12-;2*15-11-;11-8-;10-7-. The molecule has 2 aromatic carbocycles. The second-order valence-electron chi connectivity index (χ2n) is 35.9. The Morgan fingerprint density at radius 2 is 0.636 bits per heavy atom. The number of Topliss-reactive ketones (excluding diaryl/α,β-unsaturated/α-hetero) is 6. The molecule has 42 nitrogen and oxygen atoms in total. The minimum absolute atomic E-state index is 0.0735. The van der Waals surface area contributed by atoms with Crippen molar-refractivity contribution in [2.75, 3.05) is 185 Å². The monoisotopic (exact) mass is 1940 g/mol. The van der Waals surface area contributed by atoms with Gasteiger partial charge in [0, 0.05) is 167 Å². The Kier molecular flexibility index (Phi) is 34.2. The number of amides is 7. The van der Waals surface area contributed by atoms with Gasteiger partial charge < -0.3 is 80.7 Å². The number of ketones is 6. The van der Waals surface area contributed by atoms with Crippen molar-refractivity contribution in [2.45, 2.75) is 109 Å². The van der Waals surface area contributed by atoms with E-state index in [1.54, 1.807) is 110 Å². The van der Waals surface area contributed by atoms with E-state index in [9.17, 15) is 62.3 Å². The summed E-state index contributed by atoms with van der Waals surface area (Å²) in [4.78, 5) is 224. The second-order valence-corrected chi connectivity index (χ2v) is 35.9. The van der Waals surface area contributed by atoms with Crippen LogP contribution in [0.15, 0.2) is 168 Å². The summed E-state index contributed by atoms with van der Waals surface area (Å²) in [6.45, 7) is 18.4. The highest BCUT2D eigenvalue weighted by molar-refractivity contribution is 6.20. The summed E-state index contributed by atoms with van der Waals surface area (Å²) in [5.74, 6) is 1.21. The van der Waals surface area contributed by atoms with Crippen molar-refractivity contribution in [2.24, 2.45) is 0 Å². The van der Waals surface area contributed by atoms with Gasteiger partial charge in [-0.05, 0) is 168 Å². The normalized spacial score (nSPS) is 20.7. The summed E-state index contributed by atoms with van der Waals surface area (Å²) in [6, 6.07) is 31.6. The lowest BCUT2D eigenvalue weighted by molar-refractivity contribution is -0.136.